The highest BCUT2D eigenvalue weighted by molar-refractivity contribution is 5.99. The fraction of sp³-hybridized carbons (Fsp3) is 0.350. The van der Waals surface area contributed by atoms with E-state index < -0.39 is 35.0 Å². The van der Waals surface area contributed by atoms with Gasteiger partial charge in [0.05, 0.1) is 13.2 Å². The van der Waals surface area contributed by atoms with Crippen molar-refractivity contribution in [2.45, 2.75) is 38.7 Å². The average molecular weight is 401 g/mol. The lowest BCUT2D eigenvalue weighted by molar-refractivity contribution is -0.112. The number of nitrogens with zero attached hydrogens (tertiary/aromatic N) is 2. The quantitative estimate of drug-likeness (QED) is 0.805. The summed E-state index contributed by atoms with van der Waals surface area (Å²) in [6, 6.07) is 5.49. The van der Waals surface area contributed by atoms with E-state index in [1.807, 2.05) is 6.92 Å². The summed E-state index contributed by atoms with van der Waals surface area (Å²) in [5.74, 6) is -2.34. The minimum absolute atomic E-state index is 0.0804. The Morgan fingerprint density at radius 3 is 2.76 bits per heavy atom. The van der Waals surface area contributed by atoms with Crippen molar-refractivity contribution in [2.75, 3.05) is 6.61 Å². The van der Waals surface area contributed by atoms with Crippen LogP contribution >= 0.6 is 0 Å². The summed E-state index contributed by atoms with van der Waals surface area (Å²) in [6.45, 7) is 2.67. The standard InChI is InChI=1S/C20H20FN3O5/c1-11-6-7-29-15-10-23-9-14(17(25)18(26)16(23)20(28)24(11)15)19(27)22-8-12-2-4-13(21)5-3-12/h2-5,9,11,15,26H,6-8,10H2,1H3,(H,22,27). The molecule has 0 saturated carbocycles. The van der Waals surface area contributed by atoms with Gasteiger partial charge in [-0.2, -0.15) is 0 Å². The number of pyridine rings is 1. The number of aromatic hydroxyl groups is 1. The number of nitrogens with one attached hydrogen (secondary N) is 1. The van der Waals surface area contributed by atoms with Crippen LogP contribution in [0.25, 0.3) is 0 Å². The predicted molar refractivity (Wildman–Crippen MR) is 99.9 cm³/mol. The Balaban J connectivity index is 1.62. The number of hydrogen-bond donors (Lipinski definition) is 2. The third kappa shape index (κ3) is 3.38. The van der Waals surface area contributed by atoms with Crippen LogP contribution in [-0.4, -0.2) is 45.3 Å². The van der Waals surface area contributed by atoms with Gasteiger partial charge in [-0.15, -0.1) is 0 Å². The second kappa shape index (κ2) is 7.32. The molecule has 2 atom stereocenters. The van der Waals surface area contributed by atoms with Gasteiger partial charge in [0.1, 0.15) is 11.4 Å². The molecule has 2 unspecified atom stereocenters. The number of halogens is 1. The molecule has 0 spiro atoms. The van der Waals surface area contributed by atoms with Crippen LogP contribution in [0.1, 0.15) is 39.8 Å². The number of benzene rings is 1. The van der Waals surface area contributed by atoms with Crippen molar-refractivity contribution in [3.8, 4) is 5.75 Å². The van der Waals surface area contributed by atoms with Crippen molar-refractivity contribution < 1.29 is 23.8 Å². The van der Waals surface area contributed by atoms with Crippen LogP contribution in [0.2, 0.25) is 0 Å². The molecule has 0 radical (unpaired) electrons. The highest BCUT2D eigenvalue weighted by atomic mass is 19.1. The zero-order valence-electron chi connectivity index (χ0n) is 15.7. The Hall–Kier alpha value is -3.20. The van der Waals surface area contributed by atoms with Gasteiger partial charge in [-0.25, -0.2) is 4.39 Å². The summed E-state index contributed by atoms with van der Waals surface area (Å²) < 4.78 is 20.0. The topological polar surface area (TPSA) is 101 Å². The van der Waals surface area contributed by atoms with Crippen molar-refractivity contribution in [1.82, 2.24) is 14.8 Å². The molecule has 0 aliphatic carbocycles. The van der Waals surface area contributed by atoms with Crippen LogP contribution in [0, 0.1) is 5.82 Å². The first-order valence-corrected chi connectivity index (χ1v) is 9.30. The monoisotopic (exact) mass is 401 g/mol. The smallest absolute Gasteiger partial charge is 0.276 e. The van der Waals surface area contributed by atoms with E-state index in [1.165, 1.54) is 39.9 Å². The Morgan fingerprint density at radius 1 is 1.31 bits per heavy atom. The molecule has 1 aromatic carbocycles. The second-order valence-corrected chi connectivity index (χ2v) is 7.21. The molecular weight excluding hydrogens is 381 g/mol. The van der Waals surface area contributed by atoms with Crippen molar-refractivity contribution in [1.29, 1.82) is 0 Å². The van der Waals surface area contributed by atoms with E-state index in [2.05, 4.69) is 5.32 Å². The van der Waals surface area contributed by atoms with Crippen LogP contribution in [0.3, 0.4) is 0 Å². The van der Waals surface area contributed by atoms with Crippen molar-refractivity contribution >= 4 is 11.8 Å². The molecule has 9 heteroatoms. The fourth-order valence-electron chi connectivity index (χ4n) is 3.70. The molecule has 3 heterocycles. The first-order valence-electron chi connectivity index (χ1n) is 9.30. The minimum Gasteiger partial charge on any atom is -0.503 e. The summed E-state index contributed by atoms with van der Waals surface area (Å²) >= 11 is 0. The summed E-state index contributed by atoms with van der Waals surface area (Å²) in [5.41, 5.74) is -0.681. The van der Waals surface area contributed by atoms with Gasteiger partial charge in [0.2, 0.25) is 5.43 Å². The molecule has 1 fully saturated rings. The number of carbonyl (C=O) groups excluding carboxylic acids is 2. The third-order valence-electron chi connectivity index (χ3n) is 5.29. The normalized spacial score (nSPS) is 20.8. The molecular formula is C20H20FN3O5. The SMILES string of the molecule is CC1CCOC2Cn3cc(C(=O)NCc4ccc(F)cc4)c(=O)c(O)c3C(=O)N12. The summed E-state index contributed by atoms with van der Waals surface area (Å²) in [7, 11) is 0. The number of aromatic nitrogens is 1. The van der Waals surface area contributed by atoms with Gasteiger partial charge >= 0.3 is 0 Å². The summed E-state index contributed by atoms with van der Waals surface area (Å²) in [6.07, 6.45) is 1.42. The first-order chi connectivity index (χ1) is 13.9. The van der Waals surface area contributed by atoms with Crippen LogP contribution in [-0.2, 0) is 17.8 Å². The Bertz CT molecular complexity index is 1030. The van der Waals surface area contributed by atoms with Gasteiger partial charge in [-0.05, 0) is 31.0 Å². The van der Waals surface area contributed by atoms with Crippen LogP contribution in [0.15, 0.2) is 35.3 Å². The molecule has 2 N–H and O–H groups in total. The van der Waals surface area contributed by atoms with Gasteiger partial charge in [0.15, 0.2) is 17.7 Å². The maximum Gasteiger partial charge on any atom is 0.276 e. The first kappa shape index (κ1) is 19.1. The predicted octanol–water partition coefficient (Wildman–Crippen LogP) is 1.21. The van der Waals surface area contributed by atoms with Gasteiger partial charge in [0, 0.05) is 18.8 Å². The lowest BCUT2D eigenvalue weighted by atomic mass is 10.1. The molecule has 4 rings (SSSR count). The fourth-order valence-corrected chi connectivity index (χ4v) is 3.70. The maximum atomic E-state index is 13.0. The molecule has 8 nitrogen and oxygen atoms in total. The van der Waals surface area contributed by atoms with Crippen molar-refractivity contribution in [2.24, 2.45) is 0 Å². The number of carbonyl (C=O) groups is 2. The van der Waals surface area contributed by atoms with E-state index in [0.717, 1.165) is 0 Å². The minimum atomic E-state index is -0.912. The summed E-state index contributed by atoms with van der Waals surface area (Å²) in [4.78, 5) is 39.4. The third-order valence-corrected chi connectivity index (χ3v) is 5.29. The zero-order chi connectivity index (χ0) is 20.7. The Labute approximate surface area is 165 Å². The van der Waals surface area contributed by atoms with Gasteiger partial charge in [-0.1, -0.05) is 12.1 Å². The van der Waals surface area contributed by atoms with E-state index in [0.29, 0.717) is 18.6 Å². The molecule has 29 heavy (non-hydrogen) atoms. The molecule has 1 saturated heterocycles. The van der Waals surface area contributed by atoms with E-state index >= 15 is 0 Å². The molecule has 2 aliphatic heterocycles. The van der Waals surface area contributed by atoms with Gasteiger partial charge in [-0.3, -0.25) is 14.4 Å². The van der Waals surface area contributed by atoms with Crippen molar-refractivity contribution in [3.05, 3.63) is 63.3 Å². The second-order valence-electron chi connectivity index (χ2n) is 7.21. The highest BCUT2D eigenvalue weighted by Crippen LogP contribution is 2.29. The number of amides is 2. The Kier molecular flexibility index (Phi) is 4.83. The molecule has 1 aromatic heterocycles. The molecule has 2 aliphatic rings. The zero-order valence-corrected chi connectivity index (χ0v) is 15.7. The van der Waals surface area contributed by atoms with Crippen LogP contribution < -0.4 is 10.7 Å². The number of hydrogen-bond acceptors (Lipinski definition) is 5. The van der Waals surface area contributed by atoms with Gasteiger partial charge < -0.3 is 24.6 Å². The lowest BCUT2D eigenvalue weighted by Crippen LogP contribution is -2.57. The van der Waals surface area contributed by atoms with Gasteiger partial charge in [0.25, 0.3) is 11.8 Å². The number of rotatable bonds is 3. The maximum absolute atomic E-state index is 13.0. The molecule has 2 aromatic rings. The van der Waals surface area contributed by atoms with E-state index in [4.69, 9.17) is 4.74 Å². The highest BCUT2D eigenvalue weighted by Gasteiger charge is 2.40. The number of fused-ring (bicyclic) bond motifs is 2. The van der Waals surface area contributed by atoms with E-state index in [1.54, 1.807) is 0 Å². The number of ether oxygens (including phenoxy) is 1. The summed E-state index contributed by atoms with van der Waals surface area (Å²) in [5, 5.41) is 13.0. The van der Waals surface area contributed by atoms with E-state index in [-0.39, 0.29) is 30.4 Å². The van der Waals surface area contributed by atoms with Crippen molar-refractivity contribution in [3.63, 3.8) is 0 Å². The lowest BCUT2D eigenvalue weighted by Gasteiger charge is -2.44. The van der Waals surface area contributed by atoms with E-state index in [9.17, 15) is 23.9 Å². The average Bonchev–Trinajstić information content (AvgIpc) is 2.69. The Morgan fingerprint density at radius 2 is 2.03 bits per heavy atom. The van der Waals surface area contributed by atoms with Crippen LogP contribution in [0.5, 0.6) is 5.75 Å². The molecule has 0 bridgehead atoms. The largest absolute Gasteiger partial charge is 0.503 e. The molecule has 152 valence electrons. The van der Waals surface area contributed by atoms with Crippen LogP contribution in [0.4, 0.5) is 4.39 Å². The molecule has 2 amide bonds.